The molecule has 24 heavy (non-hydrogen) atoms. The largest absolute Gasteiger partial charge is 0.489 e. The molecular formula is C20H24FNO2. The molecule has 0 unspecified atom stereocenters. The number of rotatable bonds is 8. The molecule has 2 aromatic carbocycles. The van der Waals surface area contributed by atoms with Gasteiger partial charge in [-0.15, -0.1) is 0 Å². The third kappa shape index (κ3) is 4.96. The Morgan fingerprint density at radius 2 is 1.75 bits per heavy atom. The number of hydrogen-bond donors (Lipinski definition) is 0. The van der Waals surface area contributed by atoms with Crippen LogP contribution in [0.15, 0.2) is 54.6 Å². The first-order valence-electron chi connectivity index (χ1n) is 8.55. The summed E-state index contributed by atoms with van der Waals surface area (Å²) in [5, 5.41) is 0. The molecule has 1 atom stereocenters. The minimum absolute atomic E-state index is 0.195. The van der Waals surface area contributed by atoms with Gasteiger partial charge < -0.3 is 9.47 Å². The molecule has 0 radical (unpaired) electrons. The fraction of sp³-hybridized carbons (Fsp3) is 0.400. The molecule has 1 fully saturated rings. The van der Waals surface area contributed by atoms with Crippen LogP contribution in [0.1, 0.15) is 18.4 Å². The summed E-state index contributed by atoms with van der Waals surface area (Å²) in [7, 11) is 0. The molecule has 128 valence electrons. The number of nitrogens with zero attached hydrogens (tertiary/aromatic N) is 1. The molecule has 0 aromatic heterocycles. The van der Waals surface area contributed by atoms with E-state index >= 15 is 0 Å². The molecule has 0 saturated carbocycles. The third-order valence-corrected chi connectivity index (χ3v) is 4.21. The maximum atomic E-state index is 12.2. The van der Waals surface area contributed by atoms with Crippen molar-refractivity contribution in [1.82, 2.24) is 4.90 Å². The molecule has 3 nitrogen and oxygen atoms in total. The Labute approximate surface area is 143 Å². The topological polar surface area (TPSA) is 21.7 Å². The van der Waals surface area contributed by atoms with E-state index in [0.29, 0.717) is 13.0 Å². The summed E-state index contributed by atoms with van der Waals surface area (Å²) in [4.78, 5) is 2.27. The highest BCUT2D eigenvalue weighted by Gasteiger charge is 2.23. The van der Waals surface area contributed by atoms with E-state index in [2.05, 4.69) is 4.90 Å². The van der Waals surface area contributed by atoms with Crippen molar-refractivity contribution < 1.29 is 13.9 Å². The molecule has 0 N–H and O–H groups in total. The molecule has 2 aromatic rings. The van der Waals surface area contributed by atoms with Gasteiger partial charge in [0.1, 0.15) is 24.2 Å². The van der Waals surface area contributed by atoms with Gasteiger partial charge in [-0.1, -0.05) is 30.3 Å². The second-order valence-corrected chi connectivity index (χ2v) is 6.12. The Balaban J connectivity index is 1.45. The van der Waals surface area contributed by atoms with Crippen molar-refractivity contribution in [1.29, 1.82) is 0 Å². The Morgan fingerprint density at radius 1 is 1.00 bits per heavy atom. The normalized spacial score (nSPS) is 17.8. The zero-order valence-corrected chi connectivity index (χ0v) is 13.9. The van der Waals surface area contributed by atoms with Crippen molar-refractivity contribution >= 4 is 0 Å². The van der Waals surface area contributed by atoms with E-state index in [4.69, 9.17) is 9.47 Å². The maximum absolute atomic E-state index is 12.2. The van der Waals surface area contributed by atoms with Gasteiger partial charge in [0.15, 0.2) is 0 Å². The number of ether oxygens (including phenoxy) is 2. The van der Waals surface area contributed by atoms with Gasteiger partial charge in [0.05, 0.1) is 6.67 Å². The number of likely N-dealkylation sites (tertiary alicyclic amines) is 1. The van der Waals surface area contributed by atoms with E-state index < -0.39 is 0 Å². The van der Waals surface area contributed by atoms with E-state index in [-0.39, 0.29) is 12.8 Å². The standard InChI is InChI=1S/C20H24FNO2/c21-12-4-13-22-14-11-20(15-22)24-19-9-7-18(8-10-19)23-16-17-5-2-1-3-6-17/h1-3,5-10,20H,4,11-16H2/t20-/m0/s1. The van der Waals surface area contributed by atoms with E-state index in [1.807, 2.05) is 54.6 Å². The second-order valence-electron chi connectivity index (χ2n) is 6.12. The van der Waals surface area contributed by atoms with Gasteiger partial charge in [0.2, 0.25) is 0 Å². The molecule has 1 aliphatic heterocycles. The number of halogens is 1. The highest BCUT2D eigenvalue weighted by atomic mass is 19.1. The van der Waals surface area contributed by atoms with Crippen molar-refractivity contribution in [2.45, 2.75) is 25.6 Å². The number of benzene rings is 2. The zero-order chi connectivity index (χ0) is 16.6. The van der Waals surface area contributed by atoms with Crippen LogP contribution in [-0.4, -0.2) is 37.3 Å². The summed E-state index contributed by atoms with van der Waals surface area (Å²) in [6.45, 7) is 3.01. The average molecular weight is 329 g/mol. The highest BCUT2D eigenvalue weighted by Crippen LogP contribution is 2.22. The molecule has 0 aliphatic carbocycles. The van der Waals surface area contributed by atoms with Crippen LogP contribution < -0.4 is 9.47 Å². The second kappa shape index (κ2) is 8.69. The first-order valence-corrected chi connectivity index (χ1v) is 8.55. The third-order valence-electron chi connectivity index (χ3n) is 4.21. The molecule has 1 heterocycles. The lowest BCUT2D eigenvalue weighted by Gasteiger charge is -2.16. The molecule has 1 aliphatic rings. The Kier molecular flexibility index (Phi) is 6.07. The van der Waals surface area contributed by atoms with E-state index in [0.717, 1.165) is 43.1 Å². The first-order chi connectivity index (χ1) is 11.8. The van der Waals surface area contributed by atoms with Gasteiger partial charge in [0.25, 0.3) is 0 Å². The Morgan fingerprint density at radius 3 is 2.50 bits per heavy atom. The summed E-state index contributed by atoms with van der Waals surface area (Å²) < 4.78 is 24.0. The van der Waals surface area contributed by atoms with Crippen molar-refractivity contribution in [2.75, 3.05) is 26.3 Å². The summed E-state index contributed by atoms with van der Waals surface area (Å²) in [6.07, 6.45) is 1.80. The Hall–Kier alpha value is -2.07. The van der Waals surface area contributed by atoms with E-state index in [1.54, 1.807) is 0 Å². The van der Waals surface area contributed by atoms with Crippen molar-refractivity contribution in [3.8, 4) is 11.5 Å². The predicted molar refractivity (Wildman–Crippen MR) is 93.3 cm³/mol. The average Bonchev–Trinajstić information content (AvgIpc) is 3.07. The van der Waals surface area contributed by atoms with Gasteiger partial charge >= 0.3 is 0 Å². The molecule has 0 bridgehead atoms. The minimum atomic E-state index is -0.244. The van der Waals surface area contributed by atoms with Crippen LogP contribution in [0, 0.1) is 0 Å². The van der Waals surface area contributed by atoms with Crippen LogP contribution in [-0.2, 0) is 6.61 Å². The monoisotopic (exact) mass is 329 g/mol. The van der Waals surface area contributed by atoms with Crippen molar-refractivity contribution in [2.24, 2.45) is 0 Å². The lowest BCUT2D eigenvalue weighted by atomic mass is 10.2. The van der Waals surface area contributed by atoms with E-state index in [1.165, 1.54) is 0 Å². The SMILES string of the molecule is FCCCN1CC[C@H](Oc2ccc(OCc3ccccc3)cc2)C1. The number of alkyl halides is 1. The van der Waals surface area contributed by atoms with Gasteiger partial charge in [0, 0.05) is 19.6 Å². The van der Waals surface area contributed by atoms with Crippen LogP contribution >= 0.6 is 0 Å². The fourth-order valence-electron chi connectivity index (χ4n) is 2.93. The van der Waals surface area contributed by atoms with Gasteiger partial charge in [-0.3, -0.25) is 9.29 Å². The Bertz CT molecular complexity index is 603. The van der Waals surface area contributed by atoms with Gasteiger partial charge in [-0.05, 0) is 42.7 Å². The van der Waals surface area contributed by atoms with Gasteiger partial charge in [-0.25, -0.2) is 0 Å². The molecule has 0 amide bonds. The molecule has 1 saturated heterocycles. The quantitative estimate of drug-likeness (QED) is 0.728. The van der Waals surface area contributed by atoms with Crippen molar-refractivity contribution in [3.05, 3.63) is 60.2 Å². The van der Waals surface area contributed by atoms with Gasteiger partial charge in [-0.2, -0.15) is 0 Å². The van der Waals surface area contributed by atoms with Crippen LogP contribution in [0.3, 0.4) is 0 Å². The summed E-state index contributed by atoms with van der Waals surface area (Å²) in [5.41, 5.74) is 1.15. The van der Waals surface area contributed by atoms with Crippen LogP contribution in [0.4, 0.5) is 4.39 Å². The summed E-state index contributed by atoms with van der Waals surface area (Å²) in [5.74, 6) is 1.70. The predicted octanol–water partition coefficient (Wildman–Crippen LogP) is 4.08. The smallest absolute Gasteiger partial charge is 0.120 e. The molecular weight excluding hydrogens is 305 g/mol. The minimum Gasteiger partial charge on any atom is -0.489 e. The van der Waals surface area contributed by atoms with Crippen molar-refractivity contribution in [3.63, 3.8) is 0 Å². The maximum Gasteiger partial charge on any atom is 0.120 e. The van der Waals surface area contributed by atoms with Crippen LogP contribution in [0.25, 0.3) is 0 Å². The zero-order valence-electron chi connectivity index (χ0n) is 13.9. The molecule has 0 spiro atoms. The number of hydrogen-bond acceptors (Lipinski definition) is 3. The first kappa shape index (κ1) is 16.8. The fourth-order valence-corrected chi connectivity index (χ4v) is 2.93. The highest BCUT2D eigenvalue weighted by molar-refractivity contribution is 5.31. The van der Waals surface area contributed by atoms with Crippen LogP contribution in [0.2, 0.25) is 0 Å². The summed E-state index contributed by atoms with van der Waals surface area (Å²) in [6, 6.07) is 17.9. The molecule has 4 heteroatoms. The van der Waals surface area contributed by atoms with E-state index in [9.17, 15) is 4.39 Å². The lowest BCUT2D eigenvalue weighted by Crippen LogP contribution is -2.26. The summed E-state index contributed by atoms with van der Waals surface area (Å²) >= 11 is 0. The van der Waals surface area contributed by atoms with Crippen LogP contribution in [0.5, 0.6) is 11.5 Å². The lowest BCUT2D eigenvalue weighted by molar-refractivity contribution is 0.198. The molecule has 3 rings (SSSR count).